The molecule has 29 heavy (non-hydrogen) atoms. The van der Waals surface area contributed by atoms with E-state index in [1.807, 2.05) is 32.0 Å². The van der Waals surface area contributed by atoms with Crippen molar-refractivity contribution in [3.8, 4) is 5.69 Å². The van der Waals surface area contributed by atoms with Crippen LogP contribution in [0.5, 0.6) is 0 Å². The van der Waals surface area contributed by atoms with Gasteiger partial charge < -0.3 is 5.32 Å². The van der Waals surface area contributed by atoms with Crippen LogP contribution in [0.25, 0.3) is 5.69 Å². The van der Waals surface area contributed by atoms with Crippen molar-refractivity contribution in [1.29, 1.82) is 0 Å². The van der Waals surface area contributed by atoms with Crippen LogP contribution in [0.4, 0.5) is 15.8 Å². The molecule has 2 aromatic carbocycles. The highest BCUT2D eigenvalue weighted by molar-refractivity contribution is 8.00. The van der Waals surface area contributed by atoms with Crippen LogP contribution < -0.4 is 5.32 Å². The second-order valence-corrected chi connectivity index (χ2v) is 7.64. The number of amides is 1. The summed E-state index contributed by atoms with van der Waals surface area (Å²) in [5.74, 6) is -1.39. The Hall–Kier alpha value is -3.34. The fourth-order valence-corrected chi connectivity index (χ4v) is 3.34. The molecule has 11 heteroatoms. The van der Waals surface area contributed by atoms with Gasteiger partial charge in [0, 0.05) is 11.8 Å². The van der Waals surface area contributed by atoms with E-state index < -0.39 is 27.6 Å². The van der Waals surface area contributed by atoms with Crippen molar-refractivity contribution in [2.45, 2.75) is 31.2 Å². The molecule has 0 saturated heterocycles. The van der Waals surface area contributed by atoms with E-state index in [0.29, 0.717) is 5.16 Å². The molecule has 0 fully saturated rings. The highest BCUT2D eigenvalue weighted by Crippen LogP contribution is 2.27. The summed E-state index contributed by atoms with van der Waals surface area (Å²) < 4.78 is 15.0. The van der Waals surface area contributed by atoms with Crippen LogP contribution in [0, 0.1) is 29.8 Å². The van der Waals surface area contributed by atoms with E-state index in [1.165, 1.54) is 6.07 Å². The molecule has 3 aromatic rings. The second-order valence-electron chi connectivity index (χ2n) is 6.34. The number of hydrogen-bond acceptors (Lipinski definition) is 7. The Kier molecular flexibility index (Phi) is 5.87. The lowest BCUT2D eigenvalue weighted by molar-refractivity contribution is -0.387. The summed E-state index contributed by atoms with van der Waals surface area (Å²) >= 11 is 1.13. The Balaban J connectivity index is 1.76. The number of benzene rings is 2. The highest BCUT2D eigenvalue weighted by atomic mass is 32.2. The standard InChI is InChI=1S/C18H17FN6O3S/c1-10-4-5-11(2)15(8-10)24-18(21-22-23-24)29-12(3)17(26)20-13-6-7-14(19)16(9-13)25(27)28/h4-9,12H,1-3H3,(H,20,26)/t12-/m0/s1. The minimum atomic E-state index is -0.969. The number of aryl methyl sites for hydroxylation is 2. The molecule has 1 aromatic heterocycles. The fourth-order valence-electron chi connectivity index (χ4n) is 2.54. The predicted molar refractivity (Wildman–Crippen MR) is 106 cm³/mol. The maximum atomic E-state index is 13.5. The van der Waals surface area contributed by atoms with Crippen molar-refractivity contribution in [1.82, 2.24) is 20.2 Å². The smallest absolute Gasteiger partial charge is 0.306 e. The minimum Gasteiger partial charge on any atom is -0.325 e. The topological polar surface area (TPSA) is 116 Å². The van der Waals surface area contributed by atoms with E-state index in [9.17, 15) is 19.3 Å². The number of halogens is 1. The minimum absolute atomic E-state index is 0.129. The molecule has 0 radical (unpaired) electrons. The second kappa shape index (κ2) is 8.35. The molecule has 0 aliphatic rings. The zero-order valence-corrected chi connectivity index (χ0v) is 16.6. The first-order chi connectivity index (χ1) is 13.8. The van der Waals surface area contributed by atoms with E-state index in [2.05, 4.69) is 20.8 Å². The molecule has 0 spiro atoms. The van der Waals surface area contributed by atoms with Gasteiger partial charge in [-0.3, -0.25) is 14.9 Å². The molecular formula is C18H17FN6O3S. The third kappa shape index (κ3) is 4.57. The number of anilines is 1. The lowest BCUT2D eigenvalue weighted by Crippen LogP contribution is -2.23. The normalized spacial score (nSPS) is 11.9. The predicted octanol–water partition coefficient (Wildman–Crippen LogP) is 3.45. The van der Waals surface area contributed by atoms with Gasteiger partial charge in [-0.25, -0.2) is 0 Å². The number of aromatic nitrogens is 4. The van der Waals surface area contributed by atoms with Gasteiger partial charge in [-0.15, -0.1) is 5.10 Å². The summed E-state index contributed by atoms with van der Waals surface area (Å²) in [6.45, 7) is 5.54. The number of tetrazole rings is 1. The van der Waals surface area contributed by atoms with Crippen LogP contribution in [-0.2, 0) is 4.79 Å². The van der Waals surface area contributed by atoms with Crippen molar-refractivity contribution in [3.05, 3.63) is 63.5 Å². The lowest BCUT2D eigenvalue weighted by Gasteiger charge is -2.13. The first-order valence-electron chi connectivity index (χ1n) is 8.53. The number of hydrogen-bond donors (Lipinski definition) is 1. The molecule has 1 heterocycles. The third-order valence-corrected chi connectivity index (χ3v) is 5.13. The van der Waals surface area contributed by atoms with Crippen LogP contribution in [-0.4, -0.2) is 36.3 Å². The van der Waals surface area contributed by atoms with Gasteiger partial charge in [0.2, 0.25) is 16.9 Å². The molecule has 0 aliphatic carbocycles. The number of carbonyl (C=O) groups excluding carboxylic acids is 1. The van der Waals surface area contributed by atoms with Gasteiger partial charge in [-0.05, 0) is 60.5 Å². The lowest BCUT2D eigenvalue weighted by atomic mass is 10.1. The van der Waals surface area contributed by atoms with Gasteiger partial charge in [0.15, 0.2) is 0 Å². The van der Waals surface area contributed by atoms with Gasteiger partial charge in [0.1, 0.15) is 0 Å². The molecule has 1 amide bonds. The zero-order valence-electron chi connectivity index (χ0n) is 15.8. The largest absolute Gasteiger partial charge is 0.325 e. The number of nitro benzene ring substituents is 1. The van der Waals surface area contributed by atoms with E-state index >= 15 is 0 Å². The van der Waals surface area contributed by atoms with Crippen LogP contribution in [0.2, 0.25) is 0 Å². The summed E-state index contributed by atoms with van der Waals surface area (Å²) in [6, 6.07) is 9.06. The Bertz CT molecular complexity index is 1090. The van der Waals surface area contributed by atoms with Crippen molar-refractivity contribution < 1.29 is 14.1 Å². The fraction of sp³-hybridized carbons (Fsp3) is 0.222. The van der Waals surface area contributed by atoms with Crippen molar-refractivity contribution in [3.63, 3.8) is 0 Å². The Labute approximate surface area is 169 Å². The van der Waals surface area contributed by atoms with E-state index in [1.54, 1.807) is 11.6 Å². The van der Waals surface area contributed by atoms with Gasteiger partial charge in [0.05, 0.1) is 15.9 Å². The number of carbonyl (C=O) groups is 1. The monoisotopic (exact) mass is 416 g/mol. The maximum Gasteiger partial charge on any atom is 0.306 e. The third-order valence-electron chi connectivity index (χ3n) is 4.10. The summed E-state index contributed by atoms with van der Waals surface area (Å²) in [7, 11) is 0. The molecule has 150 valence electrons. The number of rotatable bonds is 6. The average Bonchev–Trinajstić information content (AvgIpc) is 3.12. The molecule has 3 rings (SSSR count). The van der Waals surface area contributed by atoms with E-state index in [4.69, 9.17) is 0 Å². The number of nitrogens with zero attached hydrogens (tertiary/aromatic N) is 5. The summed E-state index contributed by atoms with van der Waals surface area (Å²) in [5, 5.41) is 24.9. The van der Waals surface area contributed by atoms with E-state index in [0.717, 1.165) is 40.7 Å². The van der Waals surface area contributed by atoms with Crippen LogP contribution in [0.15, 0.2) is 41.6 Å². The number of nitro groups is 1. The average molecular weight is 416 g/mol. The van der Waals surface area contributed by atoms with Crippen LogP contribution >= 0.6 is 11.8 Å². The first-order valence-corrected chi connectivity index (χ1v) is 9.41. The van der Waals surface area contributed by atoms with E-state index in [-0.39, 0.29) is 5.69 Å². The number of nitrogens with one attached hydrogen (secondary N) is 1. The van der Waals surface area contributed by atoms with Gasteiger partial charge in [0.25, 0.3) is 0 Å². The molecule has 9 nitrogen and oxygen atoms in total. The van der Waals surface area contributed by atoms with Gasteiger partial charge >= 0.3 is 5.69 Å². The van der Waals surface area contributed by atoms with Crippen molar-refractivity contribution in [2.75, 3.05) is 5.32 Å². The molecular weight excluding hydrogens is 399 g/mol. The summed E-state index contributed by atoms with van der Waals surface area (Å²) in [4.78, 5) is 22.5. The Morgan fingerprint density at radius 3 is 2.76 bits per heavy atom. The molecule has 0 aliphatic heterocycles. The molecule has 0 saturated carbocycles. The molecule has 1 atom stereocenters. The Morgan fingerprint density at radius 2 is 2.03 bits per heavy atom. The molecule has 0 bridgehead atoms. The van der Waals surface area contributed by atoms with Crippen molar-refractivity contribution >= 4 is 29.0 Å². The van der Waals surface area contributed by atoms with Gasteiger partial charge in [-0.2, -0.15) is 9.07 Å². The van der Waals surface area contributed by atoms with Gasteiger partial charge in [-0.1, -0.05) is 23.9 Å². The SMILES string of the molecule is Cc1ccc(C)c(-n2nnnc2S[C@@H](C)C(=O)Nc2ccc(F)c([N+](=O)[O-])c2)c1. The summed E-state index contributed by atoms with van der Waals surface area (Å²) in [6.07, 6.45) is 0. The maximum absolute atomic E-state index is 13.5. The quantitative estimate of drug-likeness (QED) is 0.372. The number of thioether (sulfide) groups is 1. The van der Waals surface area contributed by atoms with Crippen molar-refractivity contribution in [2.24, 2.45) is 0 Å². The molecule has 0 unspecified atom stereocenters. The zero-order chi connectivity index (χ0) is 21.1. The first kappa shape index (κ1) is 20.4. The molecule has 1 N–H and O–H groups in total. The van der Waals surface area contributed by atoms with Crippen LogP contribution in [0.1, 0.15) is 18.1 Å². The highest BCUT2D eigenvalue weighted by Gasteiger charge is 2.21. The van der Waals surface area contributed by atoms with Crippen LogP contribution in [0.3, 0.4) is 0 Å². The summed E-state index contributed by atoms with van der Waals surface area (Å²) in [5.41, 5.74) is 2.24. The Morgan fingerprint density at radius 1 is 1.28 bits per heavy atom.